The molecule has 2 nitrogen and oxygen atoms in total. The zero-order valence-electron chi connectivity index (χ0n) is 24.1. The molecule has 1 fully saturated rings. The topological polar surface area (TPSA) is 18.5 Å². The third kappa shape index (κ3) is 7.69. The molecule has 2 aromatic carbocycles. The smallest absolute Gasteiger partial charge is 0.200 e. The minimum absolute atomic E-state index is 0.0240. The van der Waals surface area contributed by atoms with Crippen molar-refractivity contribution in [3.63, 3.8) is 0 Å². The molecule has 4 rings (SSSR count). The molecule has 40 heavy (non-hydrogen) atoms. The molecule has 0 saturated heterocycles. The number of halogens is 4. The molecule has 0 aromatic heterocycles. The molecule has 1 atom stereocenters. The molecule has 2 aliphatic rings. The minimum Gasteiger partial charge on any atom is -0.490 e. The Balaban J connectivity index is 1.28. The molecule has 1 saturated carbocycles. The van der Waals surface area contributed by atoms with Crippen LogP contribution in [0.2, 0.25) is 0 Å². The van der Waals surface area contributed by atoms with Crippen molar-refractivity contribution >= 4 is 5.57 Å². The molecular weight excluding hydrogens is 516 g/mol. The van der Waals surface area contributed by atoms with E-state index >= 15 is 8.78 Å². The van der Waals surface area contributed by atoms with E-state index in [9.17, 15) is 8.78 Å². The summed E-state index contributed by atoms with van der Waals surface area (Å²) in [4.78, 5) is 0. The van der Waals surface area contributed by atoms with Crippen LogP contribution in [0.4, 0.5) is 17.6 Å². The number of allylic oxidation sites excluding steroid dienone is 1. The van der Waals surface area contributed by atoms with Gasteiger partial charge in [0.2, 0.25) is 5.82 Å². The summed E-state index contributed by atoms with van der Waals surface area (Å²) in [6.45, 7) is 5.27. The molecule has 0 spiro atoms. The Morgan fingerprint density at radius 1 is 0.775 bits per heavy atom. The Hall–Kier alpha value is -2.34. The van der Waals surface area contributed by atoms with Crippen molar-refractivity contribution in [2.75, 3.05) is 13.2 Å². The van der Waals surface area contributed by atoms with Crippen molar-refractivity contribution < 1.29 is 27.0 Å². The molecule has 0 amide bonds. The zero-order valence-corrected chi connectivity index (χ0v) is 24.1. The second-order valence-corrected chi connectivity index (χ2v) is 11.5. The van der Waals surface area contributed by atoms with Crippen LogP contribution in [0.5, 0.6) is 5.75 Å². The van der Waals surface area contributed by atoms with Crippen LogP contribution in [-0.2, 0) is 11.2 Å². The highest BCUT2D eigenvalue weighted by Crippen LogP contribution is 2.40. The summed E-state index contributed by atoms with van der Waals surface area (Å²) in [7, 11) is 0. The lowest BCUT2D eigenvalue weighted by Gasteiger charge is -2.29. The number of aryl methyl sites for hydroxylation is 1. The van der Waals surface area contributed by atoms with Gasteiger partial charge in [-0.15, -0.1) is 0 Å². The highest BCUT2D eigenvalue weighted by Gasteiger charge is 2.27. The van der Waals surface area contributed by atoms with Crippen LogP contribution in [0, 0.1) is 29.2 Å². The van der Waals surface area contributed by atoms with E-state index in [4.69, 9.17) is 9.47 Å². The molecule has 0 bridgehead atoms. The summed E-state index contributed by atoms with van der Waals surface area (Å²) >= 11 is 0. The molecule has 2 aromatic rings. The highest BCUT2D eigenvalue weighted by atomic mass is 19.2. The van der Waals surface area contributed by atoms with Crippen molar-refractivity contribution in [1.29, 1.82) is 0 Å². The monoisotopic (exact) mass is 560 g/mol. The van der Waals surface area contributed by atoms with Gasteiger partial charge in [-0.25, -0.2) is 13.2 Å². The third-order valence-electron chi connectivity index (χ3n) is 8.66. The SMILES string of the molecule is CCCCOc1ccc(C2CCC(CCc3ccc(C4=CCC(OCCCC)CC4)c(F)c3F)CC2)c(F)c1F. The van der Waals surface area contributed by atoms with Crippen LogP contribution in [0.1, 0.15) is 114 Å². The van der Waals surface area contributed by atoms with Crippen LogP contribution in [0.25, 0.3) is 5.57 Å². The lowest BCUT2D eigenvalue weighted by molar-refractivity contribution is 0.0466. The van der Waals surface area contributed by atoms with Gasteiger partial charge in [-0.1, -0.05) is 51.0 Å². The molecular formula is C34H44F4O2. The average Bonchev–Trinajstić information content (AvgIpc) is 2.97. The predicted molar refractivity (Wildman–Crippen MR) is 153 cm³/mol. The number of rotatable bonds is 13. The Bertz CT molecular complexity index is 1140. The van der Waals surface area contributed by atoms with E-state index in [0.717, 1.165) is 82.8 Å². The van der Waals surface area contributed by atoms with Gasteiger partial charge in [0.05, 0.1) is 12.7 Å². The standard InChI is InChI=1S/C34H44F4O2/c1-3-5-21-39-27-16-13-25(14-17-27)28-18-15-26(31(35)32(28)36)12-9-23-7-10-24(11-8-23)29-19-20-30(34(38)33(29)37)40-22-6-4-2/h13,15,18-20,23-24,27H,3-12,14,16-17,21-22H2,1-2H3. The summed E-state index contributed by atoms with van der Waals surface area (Å²) < 4.78 is 70.7. The lowest BCUT2D eigenvalue weighted by Crippen LogP contribution is -2.17. The van der Waals surface area contributed by atoms with Crippen molar-refractivity contribution in [3.8, 4) is 5.75 Å². The quantitative estimate of drug-likeness (QED) is 0.179. The van der Waals surface area contributed by atoms with Gasteiger partial charge < -0.3 is 9.47 Å². The molecule has 0 aliphatic heterocycles. The first-order chi connectivity index (χ1) is 19.4. The first-order valence-corrected chi connectivity index (χ1v) is 15.3. The van der Waals surface area contributed by atoms with Crippen LogP contribution in [0.15, 0.2) is 30.3 Å². The first kappa shape index (κ1) is 30.6. The zero-order chi connectivity index (χ0) is 28.5. The number of hydrogen-bond donors (Lipinski definition) is 0. The summed E-state index contributed by atoms with van der Waals surface area (Å²) in [6.07, 6.45) is 12.7. The van der Waals surface area contributed by atoms with Gasteiger partial charge in [0.25, 0.3) is 0 Å². The lowest BCUT2D eigenvalue weighted by atomic mass is 9.76. The van der Waals surface area contributed by atoms with Crippen LogP contribution in [0.3, 0.4) is 0 Å². The molecule has 2 aliphatic carbocycles. The van der Waals surface area contributed by atoms with Crippen LogP contribution in [-0.4, -0.2) is 19.3 Å². The number of hydrogen-bond acceptors (Lipinski definition) is 2. The first-order valence-electron chi connectivity index (χ1n) is 15.3. The largest absolute Gasteiger partial charge is 0.490 e. The van der Waals surface area contributed by atoms with Crippen molar-refractivity contribution in [2.45, 2.75) is 109 Å². The molecule has 6 heteroatoms. The Kier molecular flexibility index (Phi) is 11.5. The molecule has 0 radical (unpaired) electrons. The summed E-state index contributed by atoms with van der Waals surface area (Å²) in [5.74, 6) is -2.91. The Morgan fingerprint density at radius 2 is 1.52 bits per heavy atom. The van der Waals surface area contributed by atoms with E-state index < -0.39 is 23.3 Å². The van der Waals surface area contributed by atoms with Crippen LogP contribution >= 0.6 is 0 Å². The van der Waals surface area contributed by atoms with Gasteiger partial charge in [-0.3, -0.25) is 0 Å². The van der Waals surface area contributed by atoms with Crippen molar-refractivity contribution in [3.05, 3.63) is 70.3 Å². The van der Waals surface area contributed by atoms with E-state index in [1.54, 1.807) is 24.3 Å². The fourth-order valence-corrected chi connectivity index (χ4v) is 6.05. The van der Waals surface area contributed by atoms with Gasteiger partial charge in [-0.05, 0) is 105 Å². The maximum absolute atomic E-state index is 15.1. The maximum atomic E-state index is 15.1. The molecule has 1 unspecified atom stereocenters. The summed E-state index contributed by atoms with van der Waals surface area (Å²) in [6, 6.07) is 6.65. The van der Waals surface area contributed by atoms with Gasteiger partial charge in [0, 0.05) is 12.2 Å². The van der Waals surface area contributed by atoms with E-state index in [0.29, 0.717) is 42.1 Å². The highest BCUT2D eigenvalue weighted by molar-refractivity contribution is 5.67. The van der Waals surface area contributed by atoms with E-state index in [1.165, 1.54) is 0 Å². The van der Waals surface area contributed by atoms with E-state index in [1.807, 2.05) is 13.0 Å². The van der Waals surface area contributed by atoms with Gasteiger partial charge >= 0.3 is 0 Å². The fraction of sp³-hybridized carbons (Fsp3) is 0.588. The third-order valence-corrected chi connectivity index (χ3v) is 8.66. The predicted octanol–water partition coefficient (Wildman–Crippen LogP) is 10.1. The number of ether oxygens (including phenoxy) is 2. The maximum Gasteiger partial charge on any atom is 0.200 e. The van der Waals surface area contributed by atoms with Gasteiger partial charge in [0.1, 0.15) is 0 Å². The van der Waals surface area contributed by atoms with E-state index in [2.05, 4.69) is 6.92 Å². The normalized spacial score (nSPS) is 21.4. The van der Waals surface area contributed by atoms with E-state index in [-0.39, 0.29) is 17.8 Å². The molecule has 0 N–H and O–H groups in total. The number of unbranched alkanes of at least 4 members (excludes halogenated alkanes) is 2. The molecule has 0 heterocycles. The Morgan fingerprint density at radius 3 is 2.23 bits per heavy atom. The summed E-state index contributed by atoms with van der Waals surface area (Å²) in [5.41, 5.74) is 2.05. The fourth-order valence-electron chi connectivity index (χ4n) is 6.05. The molecule has 220 valence electrons. The summed E-state index contributed by atoms with van der Waals surface area (Å²) in [5, 5.41) is 0. The van der Waals surface area contributed by atoms with Crippen molar-refractivity contribution in [1.82, 2.24) is 0 Å². The van der Waals surface area contributed by atoms with Gasteiger partial charge in [-0.2, -0.15) is 4.39 Å². The van der Waals surface area contributed by atoms with Crippen molar-refractivity contribution in [2.24, 2.45) is 5.92 Å². The average molecular weight is 561 g/mol. The van der Waals surface area contributed by atoms with Gasteiger partial charge in [0.15, 0.2) is 23.2 Å². The van der Waals surface area contributed by atoms with Crippen LogP contribution < -0.4 is 4.74 Å². The second-order valence-electron chi connectivity index (χ2n) is 11.5. The second kappa shape index (κ2) is 15.0. The number of benzene rings is 2. The Labute approximate surface area is 237 Å². The minimum atomic E-state index is -0.902.